The predicted molar refractivity (Wildman–Crippen MR) is 75.0 cm³/mol. The highest BCUT2D eigenvalue weighted by molar-refractivity contribution is 5.36. The van der Waals surface area contributed by atoms with Crippen molar-refractivity contribution in [1.82, 2.24) is 4.98 Å². The SMILES string of the molecule is COc1cccc(NCCC2CCCC(C)C2)n1. The molecule has 1 aliphatic carbocycles. The van der Waals surface area contributed by atoms with E-state index in [9.17, 15) is 0 Å². The molecule has 0 aromatic carbocycles. The molecule has 3 nitrogen and oxygen atoms in total. The lowest BCUT2D eigenvalue weighted by Crippen LogP contribution is -2.16. The van der Waals surface area contributed by atoms with Gasteiger partial charge in [0.25, 0.3) is 0 Å². The molecule has 1 fully saturated rings. The summed E-state index contributed by atoms with van der Waals surface area (Å²) in [4.78, 5) is 4.36. The van der Waals surface area contributed by atoms with Crippen LogP contribution in [-0.4, -0.2) is 18.6 Å². The van der Waals surface area contributed by atoms with E-state index in [1.807, 2.05) is 18.2 Å². The molecule has 1 aromatic rings. The van der Waals surface area contributed by atoms with E-state index in [2.05, 4.69) is 17.2 Å². The molecule has 0 saturated heterocycles. The van der Waals surface area contributed by atoms with Crippen molar-refractivity contribution in [3.63, 3.8) is 0 Å². The number of aromatic nitrogens is 1. The van der Waals surface area contributed by atoms with Gasteiger partial charge in [-0.1, -0.05) is 32.3 Å². The van der Waals surface area contributed by atoms with Crippen molar-refractivity contribution in [1.29, 1.82) is 0 Å². The van der Waals surface area contributed by atoms with Gasteiger partial charge in [0.15, 0.2) is 0 Å². The molecule has 0 aliphatic heterocycles. The molecular weight excluding hydrogens is 224 g/mol. The molecule has 2 rings (SSSR count). The van der Waals surface area contributed by atoms with Crippen molar-refractivity contribution in [3.05, 3.63) is 18.2 Å². The summed E-state index contributed by atoms with van der Waals surface area (Å²) in [5.74, 6) is 3.40. The van der Waals surface area contributed by atoms with Gasteiger partial charge in [0, 0.05) is 12.6 Å². The van der Waals surface area contributed by atoms with Gasteiger partial charge < -0.3 is 10.1 Å². The minimum Gasteiger partial charge on any atom is -0.481 e. The van der Waals surface area contributed by atoms with E-state index >= 15 is 0 Å². The monoisotopic (exact) mass is 248 g/mol. The molecule has 3 heteroatoms. The third-order valence-electron chi connectivity index (χ3n) is 3.84. The second-order valence-electron chi connectivity index (χ2n) is 5.42. The van der Waals surface area contributed by atoms with Crippen molar-refractivity contribution in [2.45, 2.75) is 39.0 Å². The zero-order valence-electron chi connectivity index (χ0n) is 11.5. The first-order valence-electron chi connectivity index (χ1n) is 7.03. The van der Waals surface area contributed by atoms with Crippen LogP contribution < -0.4 is 10.1 Å². The van der Waals surface area contributed by atoms with Crippen molar-refractivity contribution in [3.8, 4) is 5.88 Å². The smallest absolute Gasteiger partial charge is 0.214 e. The van der Waals surface area contributed by atoms with Crippen LogP contribution in [0.25, 0.3) is 0 Å². The van der Waals surface area contributed by atoms with Gasteiger partial charge in [0.1, 0.15) is 5.82 Å². The zero-order valence-corrected chi connectivity index (χ0v) is 11.5. The van der Waals surface area contributed by atoms with Crippen LogP contribution in [0.2, 0.25) is 0 Å². The molecule has 100 valence electrons. The minimum atomic E-state index is 0.672. The molecule has 2 atom stereocenters. The fourth-order valence-electron chi connectivity index (χ4n) is 2.85. The van der Waals surface area contributed by atoms with Crippen LogP contribution in [0.5, 0.6) is 5.88 Å². The van der Waals surface area contributed by atoms with E-state index in [0.717, 1.165) is 24.2 Å². The first kappa shape index (κ1) is 13.2. The quantitative estimate of drug-likeness (QED) is 0.862. The summed E-state index contributed by atoms with van der Waals surface area (Å²) < 4.78 is 5.11. The second kappa shape index (κ2) is 6.62. The van der Waals surface area contributed by atoms with Crippen molar-refractivity contribution >= 4 is 5.82 Å². The third kappa shape index (κ3) is 3.90. The Morgan fingerprint density at radius 3 is 3.06 bits per heavy atom. The van der Waals surface area contributed by atoms with Crippen LogP contribution in [0.3, 0.4) is 0 Å². The van der Waals surface area contributed by atoms with Gasteiger partial charge in [-0.15, -0.1) is 0 Å². The standard InChI is InChI=1S/C15H24N2O/c1-12-5-3-6-13(11-12)9-10-16-14-7-4-8-15(17-14)18-2/h4,7-8,12-13H,3,5-6,9-11H2,1-2H3,(H,16,17). The Balaban J connectivity index is 1.74. The van der Waals surface area contributed by atoms with E-state index in [1.165, 1.54) is 32.1 Å². The predicted octanol–water partition coefficient (Wildman–Crippen LogP) is 3.72. The van der Waals surface area contributed by atoms with E-state index in [1.54, 1.807) is 7.11 Å². The Bertz CT molecular complexity index is 367. The number of hydrogen-bond donors (Lipinski definition) is 1. The largest absolute Gasteiger partial charge is 0.481 e. The highest BCUT2D eigenvalue weighted by Crippen LogP contribution is 2.30. The average molecular weight is 248 g/mol. The number of ether oxygens (including phenoxy) is 1. The summed E-state index contributed by atoms with van der Waals surface area (Å²) in [5.41, 5.74) is 0. The Hall–Kier alpha value is -1.25. The van der Waals surface area contributed by atoms with Crippen molar-refractivity contribution < 1.29 is 4.74 Å². The second-order valence-corrected chi connectivity index (χ2v) is 5.42. The van der Waals surface area contributed by atoms with Gasteiger partial charge >= 0.3 is 0 Å². The Morgan fingerprint density at radius 1 is 1.39 bits per heavy atom. The molecule has 1 saturated carbocycles. The molecule has 0 radical (unpaired) electrons. The highest BCUT2D eigenvalue weighted by atomic mass is 16.5. The minimum absolute atomic E-state index is 0.672. The number of anilines is 1. The summed E-state index contributed by atoms with van der Waals surface area (Å²) in [6.45, 7) is 3.39. The van der Waals surface area contributed by atoms with Crippen LogP contribution in [0, 0.1) is 11.8 Å². The van der Waals surface area contributed by atoms with E-state index < -0.39 is 0 Å². The van der Waals surface area contributed by atoms with Crippen molar-refractivity contribution in [2.75, 3.05) is 19.0 Å². The van der Waals surface area contributed by atoms with E-state index in [4.69, 9.17) is 4.74 Å². The molecule has 1 N–H and O–H groups in total. The van der Waals surface area contributed by atoms with Crippen LogP contribution >= 0.6 is 0 Å². The Kier molecular flexibility index (Phi) is 4.85. The number of hydrogen-bond acceptors (Lipinski definition) is 3. The molecule has 0 spiro atoms. The fourth-order valence-corrected chi connectivity index (χ4v) is 2.85. The van der Waals surface area contributed by atoms with Gasteiger partial charge in [-0.25, -0.2) is 0 Å². The van der Waals surface area contributed by atoms with Crippen LogP contribution in [-0.2, 0) is 0 Å². The van der Waals surface area contributed by atoms with Gasteiger partial charge in [-0.3, -0.25) is 0 Å². The Morgan fingerprint density at radius 2 is 2.28 bits per heavy atom. The van der Waals surface area contributed by atoms with Crippen LogP contribution in [0.1, 0.15) is 39.0 Å². The fraction of sp³-hybridized carbons (Fsp3) is 0.667. The first-order chi connectivity index (χ1) is 8.78. The lowest BCUT2D eigenvalue weighted by atomic mass is 9.81. The van der Waals surface area contributed by atoms with Gasteiger partial charge in [0.2, 0.25) is 5.88 Å². The van der Waals surface area contributed by atoms with E-state index in [-0.39, 0.29) is 0 Å². The molecule has 1 heterocycles. The maximum atomic E-state index is 5.11. The van der Waals surface area contributed by atoms with Crippen LogP contribution in [0.4, 0.5) is 5.82 Å². The molecular formula is C15H24N2O. The number of rotatable bonds is 5. The normalized spacial score (nSPS) is 23.7. The highest BCUT2D eigenvalue weighted by Gasteiger charge is 2.18. The van der Waals surface area contributed by atoms with Gasteiger partial charge in [0.05, 0.1) is 7.11 Å². The van der Waals surface area contributed by atoms with E-state index in [0.29, 0.717) is 5.88 Å². The Labute approximate surface area is 110 Å². The number of pyridine rings is 1. The maximum Gasteiger partial charge on any atom is 0.214 e. The molecule has 2 unspecified atom stereocenters. The lowest BCUT2D eigenvalue weighted by Gasteiger charge is -2.26. The topological polar surface area (TPSA) is 34.1 Å². The molecule has 18 heavy (non-hydrogen) atoms. The zero-order chi connectivity index (χ0) is 12.8. The molecule has 0 amide bonds. The molecule has 1 aliphatic rings. The first-order valence-corrected chi connectivity index (χ1v) is 7.03. The number of nitrogens with zero attached hydrogens (tertiary/aromatic N) is 1. The van der Waals surface area contributed by atoms with Crippen LogP contribution in [0.15, 0.2) is 18.2 Å². The molecule has 1 aromatic heterocycles. The summed E-state index contributed by atoms with van der Waals surface area (Å²) in [6, 6.07) is 5.83. The lowest BCUT2D eigenvalue weighted by molar-refractivity contribution is 0.274. The molecule has 0 bridgehead atoms. The summed E-state index contributed by atoms with van der Waals surface area (Å²) in [7, 11) is 1.65. The third-order valence-corrected chi connectivity index (χ3v) is 3.84. The van der Waals surface area contributed by atoms with Gasteiger partial charge in [-0.05, 0) is 30.7 Å². The summed E-state index contributed by atoms with van der Waals surface area (Å²) in [6.07, 6.45) is 6.87. The average Bonchev–Trinajstić information content (AvgIpc) is 2.39. The van der Waals surface area contributed by atoms with Gasteiger partial charge in [-0.2, -0.15) is 4.98 Å². The summed E-state index contributed by atoms with van der Waals surface area (Å²) in [5, 5.41) is 3.39. The summed E-state index contributed by atoms with van der Waals surface area (Å²) >= 11 is 0. The number of nitrogens with one attached hydrogen (secondary N) is 1. The number of methoxy groups -OCH3 is 1. The maximum absolute atomic E-state index is 5.11. The van der Waals surface area contributed by atoms with Crippen molar-refractivity contribution in [2.24, 2.45) is 11.8 Å².